The van der Waals surface area contributed by atoms with Crippen LogP contribution in [0.5, 0.6) is 0 Å². The van der Waals surface area contributed by atoms with Crippen LogP contribution in [0.4, 0.5) is 32.2 Å². The third-order valence-corrected chi connectivity index (χ3v) is 4.04. The zero-order chi connectivity index (χ0) is 22.3. The lowest BCUT2D eigenvalue weighted by Gasteiger charge is -2.22. The van der Waals surface area contributed by atoms with Gasteiger partial charge in [0.2, 0.25) is 5.91 Å². The fourth-order valence-corrected chi connectivity index (χ4v) is 3.03. The Hall–Kier alpha value is -2.49. The molecule has 0 saturated heterocycles. The van der Waals surface area contributed by atoms with E-state index in [0.29, 0.717) is 16.8 Å². The molecule has 156 valence electrons. The molecule has 29 heavy (non-hydrogen) atoms. The second-order valence-corrected chi connectivity index (χ2v) is 6.17. The summed E-state index contributed by atoms with van der Waals surface area (Å²) in [5, 5.41) is 11.2. The van der Waals surface area contributed by atoms with Gasteiger partial charge in [-0.2, -0.15) is 41.8 Å². The number of nitriles is 1. The number of aromatic nitrogens is 2. The van der Waals surface area contributed by atoms with Gasteiger partial charge >= 0.3 is 12.4 Å². The van der Waals surface area contributed by atoms with Crippen molar-refractivity contribution in [2.45, 2.75) is 19.3 Å². The average Bonchev–Trinajstić information content (AvgIpc) is 2.93. The molecule has 6 nitrogen and oxygen atoms in total. The molecule has 0 radical (unpaired) electrons. The zero-order valence-electron chi connectivity index (χ0n) is 14.3. The van der Waals surface area contributed by atoms with Crippen molar-refractivity contribution >= 4 is 34.9 Å². The molecule has 0 spiro atoms. The Kier molecular flexibility index (Phi) is 6.08. The number of rotatable bonds is 3. The van der Waals surface area contributed by atoms with E-state index in [4.69, 9.17) is 28.5 Å². The van der Waals surface area contributed by atoms with Crippen LogP contribution >= 0.6 is 23.2 Å². The first kappa shape index (κ1) is 22.8. The molecule has 0 atom stereocenters. The summed E-state index contributed by atoms with van der Waals surface area (Å²) >= 11 is 11.7. The van der Waals surface area contributed by atoms with Crippen molar-refractivity contribution in [1.82, 2.24) is 9.78 Å². The first-order chi connectivity index (χ1) is 13.2. The van der Waals surface area contributed by atoms with Crippen LogP contribution in [-0.2, 0) is 22.0 Å². The highest BCUT2D eigenvalue weighted by molar-refractivity contribution is 6.38. The van der Waals surface area contributed by atoms with E-state index in [1.54, 1.807) is 0 Å². The van der Waals surface area contributed by atoms with E-state index in [-0.39, 0.29) is 5.06 Å². The van der Waals surface area contributed by atoms with Crippen molar-refractivity contribution in [2.24, 2.45) is 0 Å². The van der Waals surface area contributed by atoms with Crippen molar-refractivity contribution in [1.29, 1.82) is 5.26 Å². The number of carbonyl (C=O) groups is 1. The summed E-state index contributed by atoms with van der Waals surface area (Å²) in [6, 6.07) is 2.04. The third-order valence-electron chi connectivity index (χ3n) is 3.47. The van der Waals surface area contributed by atoms with Crippen LogP contribution in [0.25, 0.3) is 5.69 Å². The maximum absolute atomic E-state index is 13.6. The number of benzene rings is 1. The van der Waals surface area contributed by atoms with E-state index in [1.807, 2.05) is 0 Å². The molecule has 1 aromatic carbocycles. The quantitative estimate of drug-likeness (QED) is 0.477. The van der Waals surface area contributed by atoms with Crippen LogP contribution in [0.15, 0.2) is 12.1 Å². The Morgan fingerprint density at radius 2 is 1.69 bits per heavy atom. The van der Waals surface area contributed by atoms with Gasteiger partial charge in [0, 0.05) is 6.92 Å². The molecule has 0 saturated carbocycles. The summed E-state index contributed by atoms with van der Waals surface area (Å²) in [7, 11) is 0.862. The Morgan fingerprint density at radius 1 is 1.17 bits per heavy atom. The Labute approximate surface area is 168 Å². The van der Waals surface area contributed by atoms with Crippen LogP contribution in [0.1, 0.15) is 23.7 Å². The average molecular weight is 461 g/mol. The minimum Gasteiger partial charge on any atom is -0.272 e. The number of amides is 1. The smallest absolute Gasteiger partial charge is 0.272 e. The fraction of sp³-hybridized carbons (Fsp3) is 0.267. The molecule has 0 aliphatic carbocycles. The lowest BCUT2D eigenvalue weighted by molar-refractivity contribution is -0.138. The van der Waals surface area contributed by atoms with Crippen LogP contribution in [0.3, 0.4) is 0 Å². The van der Waals surface area contributed by atoms with Crippen molar-refractivity contribution in [3.63, 3.8) is 0 Å². The van der Waals surface area contributed by atoms with E-state index in [0.717, 1.165) is 14.0 Å². The molecule has 0 fully saturated rings. The first-order valence-electron chi connectivity index (χ1n) is 7.25. The van der Waals surface area contributed by atoms with E-state index < -0.39 is 56.6 Å². The number of hydroxylamine groups is 1. The number of hydrogen-bond acceptors (Lipinski definition) is 4. The molecule has 2 rings (SSSR count). The monoisotopic (exact) mass is 460 g/mol. The minimum absolute atomic E-state index is 0.154. The molecule has 0 aliphatic rings. The molecule has 14 heteroatoms. The normalized spacial score (nSPS) is 12.0. The maximum Gasteiger partial charge on any atom is 0.422 e. The first-order valence-corrected chi connectivity index (χ1v) is 8.01. The van der Waals surface area contributed by atoms with E-state index in [9.17, 15) is 31.1 Å². The molecule has 0 unspecified atom stereocenters. The SMILES string of the molecule is CON(C(C)=O)c1c(C(F)(F)F)c(C#N)nn1-c1c(Cl)cc(C(F)(F)F)cc1Cl. The highest BCUT2D eigenvalue weighted by Gasteiger charge is 2.44. The van der Waals surface area contributed by atoms with Gasteiger partial charge in [0.1, 0.15) is 17.3 Å². The highest BCUT2D eigenvalue weighted by Crippen LogP contribution is 2.44. The van der Waals surface area contributed by atoms with Gasteiger partial charge in [-0.15, -0.1) is 0 Å². The second kappa shape index (κ2) is 7.74. The molecule has 1 heterocycles. The summed E-state index contributed by atoms with van der Waals surface area (Å²) in [5.74, 6) is -2.16. The maximum atomic E-state index is 13.6. The van der Waals surface area contributed by atoms with E-state index >= 15 is 0 Å². The van der Waals surface area contributed by atoms with E-state index in [2.05, 4.69) is 9.94 Å². The Morgan fingerprint density at radius 3 is 2.03 bits per heavy atom. The number of anilines is 1. The molecule has 1 amide bonds. The largest absolute Gasteiger partial charge is 0.422 e. The minimum atomic E-state index is -5.18. The van der Waals surface area contributed by atoms with E-state index in [1.165, 1.54) is 6.07 Å². The topological polar surface area (TPSA) is 71.2 Å². The number of halogens is 8. The predicted molar refractivity (Wildman–Crippen MR) is 88.5 cm³/mol. The lowest BCUT2D eigenvalue weighted by Crippen LogP contribution is -2.31. The second-order valence-electron chi connectivity index (χ2n) is 5.35. The number of nitrogens with zero attached hydrogens (tertiary/aromatic N) is 4. The Balaban J connectivity index is 2.96. The van der Waals surface area contributed by atoms with Gasteiger partial charge in [-0.05, 0) is 12.1 Å². The van der Waals surface area contributed by atoms with Gasteiger partial charge in [0.05, 0.1) is 22.7 Å². The number of hydrogen-bond donors (Lipinski definition) is 0. The van der Waals surface area contributed by atoms with Crippen LogP contribution in [0.2, 0.25) is 10.0 Å². The molecular formula is C15H8Cl2F6N4O2. The zero-order valence-corrected chi connectivity index (χ0v) is 15.8. The number of carbonyl (C=O) groups excluding carboxylic acids is 1. The summed E-state index contributed by atoms with van der Waals surface area (Å²) in [6.45, 7) is 0.850. The molecule has 1 aromatic heterocycles. The molecule has 0 bridgehead atoms. The van der Waals surface area contributed by atoms with Crippen LogP contribution in [0, 0.1) is 11.3 Å². The molecule has 0 aliphatic heterocycles. The third kappa shape index (κ3) is 4.26. The van der Waals surface area contributed by atoms with Gasteiger partial charge < -0.3 is 0 Å². The fourth-order valence-electron chi connectivity index (χ4n) is 2.39. The van der Waals surface area contributed by atoms with Gasteiger partial charge in [-0.3, -0.25) is 9.63 Å². The Bertz CT molecular complexity index is 987. The lowest BCUT2D eigenvalue weighted by atomic mass is 10.2. The van der Waals surface area contributed by atoms with Crippen LogP contribution < -0.4 is 5.06 Å². The predicted octanol–water partition coefficient (Wildman–Crippen LogP) is 5.00. The van der Waals surface area contributed by atoms with Crippen LogP contribution in [-0.4, -0.2) is 22.8 Å². The summed E-state index contributed by atoms with van der Waals surface area (Å²) in [5.41, 5.74) is -4.73. The van der Waals surface area contributed by atoms with Gasteiger partial charge in [-0.25, -0.2) is 4.68 Å². The summed E-state index contributed by atoms with van der Waals surface area (Å²) in [6.07, 6.45) is -10.0. The summed E-state index contributed by atoms with van der Waals surface area (Å²) < 4.78 is 79.9. The molecule has 0 N–H and O–H groups in total. The highest BCUT2D eigenvalue weighted by atomic mass is 35.5. The van der Waals surface area contributed by atoms with Crippen molar-refractivity contribution in [2.75, 3.05) is 12.2 Å². The van der Waals surface area contributed by atoms with Crippen molar-refractivity contribution < 1.29 is 36.0 Å². The summed E-state index contributed by atoms with van der Waals surface area (Å²) in [4.78, 5) is 16.4. The number of alkyl halides is 6. The molecular weight excluding hydrogens is 453 g/mol. The molecule has 2 aromatic rings. The van der Waals surface area contributed by atoms with Crippen molar-refractivity contribution in [3.05, 3.63) is 39.0 Å². The van der Waals surface area contributed by atoms with Crippen molar-refractivity contribution in [3.8, 4) is 11.8 Å². The van der Waals surface area contributed by atoms with Gasteiger partial charge in [0.25, 0.3) is 0 Å². The standard InChI is InChI=1S/C15H8Cl2F6N4O2/c1-6(28)27(29-2)13-11(15(21,22)23)10(5-24)25-26(13)12-8(16)3-7(4-9(12)17)14(18,19)20/h3-4H,1-2H3. The van der Waals surface area contributed by atoms with Gasteiger partial charge in [-0.1, -0.05) is 23.2 Å². The van der Waals surface area contributed by atoms with Gasteiger partial charge in [0.15, 0.2) is 11.5 Å².